The molecule has 1 aliphatic heterocycles. The van der Waals surface area contributed by atoms with Gasteiger partial charge >= 0.3 is 6.09 Å². The molecule has 1 fully saturated rings. The third kappa shape index (κ3) is 6.81. The summed E-state index contributed by atoms with van der Waals surface area (Å²) >= 11 is 0. The second kappa shape index (κ2) is 11.2. The number of para-hydroxylation sites is 1. The van der Waals surface area contributed by atoms with E-state index < -0.39 is 55.2 Å². The van der Waals surface area contributed by atoms with Crippen LogP contribution in [0.15, 0.2) is 59.5 Å². The van der Waals surface area contributed by atoms with Gasteiger partial charge < -0.3 is 10.5 Å². The van der Waals surface area contributed by atoms with Gasteiger partial charge in [-0.25, -0.2) is 13.2 Å². The van der Waals surface area contributed by atoms with Gasteiger partial charge in [0, 0.05) is 12.6 Å². The number of carbonyl (C=O) groups excluding carboxylic acids is 2. The number of nitro groups is 1. The summed E-state index contributed by atoms with van der Waals surface area (Å²) in [6.07, 6.45) is -0.703. The predicted octanol–water partition coefficient (Wildman–Crippen LogP) is 2.97. The summed E-state index contributed by atoms with van der Waals surface area (Å²) in [4.78, 5) is 42.1. The van der Waals surface area contributed by atoms with Crippen LogP contribution in [-0.2, 0) is 31.0 Å². The first-order valence-corrected chi connectivity index (χ1v) is 13.0. The minimum atomic E-state index is -4.59. The Morgan fingerprint density at radius 3 is 2.32 bits per heavy atom. The number of primary amides is 1. The van der Waals surface area contributed by atoms with Crippen LogP contribution in [0.4, 0.5) is 10.5 Å². The number of benzene rings is 2. The van der Waals surface area contributed by atoms with Gasteiger partial charge in [0.2, 0.25) is 5.91 Å². The summed E-state index contributed by atoms with van der Waals surface area (Å²) in [6, 6.07) is 11.7. The molecule has 2 unspecified atom stereocenters. The summed E-state index contributed by atoms with van der Waals surface area (Å²) in [5, 5.41) is 11.6. The Hall–Kier alpha value is -3.55. The van der Waals surface area contributed by atoms with E-state index >= 15 is 0 Å². The third-order valence-corrected chi connectivity index (χ3v) is 7.37. The fourth-order valence-corrected chi connectivity index (χ4v) is 5.56. The molecule has 0 saturated carbocycles. The van der Waals surface area contributed by atoms with Crippen LogP contribution in [-0.4, -0.2) is 58.9 Å². The summed E-state index contributed by atoms with van der Waals surface area (Å²) in [7, 11) is -4.59. The molecule has 0 spiro atoms. The van der Waals surface area contributed by atoms with Crippen LogP contribution in [0.2, 0.25) is 0 Å². The van der Waals surface area contributed by atoms with Gasteiger partial charge in [-0.2, -0.15) is 0 Å². The Morgan fingerprint density at radius 2 is 1.73 bits per heavy atom. The van der Waals surface area contributed by atoms with Crippen molar-refractivity contribution in [3.8, 4) is 0 Å². The van der Waals surface area contributed by atoms with Crippen molar-refractivity contribution in [3.05, 3.63) is 70.3 Å². The van der Waals surface area contributed by atoms with Crippen molar-refractivity contribution < 1.29 is 32.5 Å². The Morgan fingerprint density at radius 1 is 1.11 bits per heavy atom. The van der Waals surface area contributed by atoms with E-state index in [1.807, 2.05) is 0 Å². The van der Waals surface area contributed by atoms with Crippen LogP contribution < -0.4 is 5.73 Å². The van der Waals surface area contributed by atoms with Gasteiger partial charge in [-0.3, -0.25) is 24.6 Å². The largest absolute Gasteiger partial charge is 0.444 e. The standard InChI is InChI=1S/C24H30N4O8S/c1-24(2,3)36-23(30)26-15-18(13-14-20(26)22(25)29)28(35-16-17-9-5-4-6-10-17)37(33,34)21-12-8-7-11-19(21)27(31)32/h4-12,18,20H,13-16H2,1-3H3,(H2,25,29). The number of nitrogens with two attached hydrogens (primary N) is 1. The van der Waals surface area contributed by atoms with Crippen molar-refractivity contribution >= 4 is 27.7 Å². The van der Waals surface area contributed by atoms with Crippen LogP contribution in [0.5, 0.6) is 0 Å². The highest BCUT2D eigenvalue weighted by Gasteiger charge is 2.44. The summed E-state index contributed by atoms with van der Waals surface area (Å²) in [5.41, 5.74) is 4.67. The molecule has 3 rings (SSSR count). The Kier molecular flexibility index (Phi) is 8.51. The molecule has 1 saturated heterocycles. The van der Waals surface area contributed by atoms with Crippen molar-refractivity contribution in [2.45, 2.75) is 62.8 Å². The molecule has 0 aliphatic carbocycles. The maximum Gasteiger partial charge on any atom is 0.411 e. The maximum atomic E-state index is 13.8. The topological polar surface area (TPSA) is 162 Å². The molecule has 200 valence electrons. The van der Waals surface area contributed by atoms with Crippen molar-refractivity contribution in [1.82, 2.24) is 9.37 Å². The number of piperidine rings is 1. The number of hydroxylamine groups is 1. The highest BCUT2D eigenvalue weighted by molar-refractivity contribution is 7.89. The number of rotatable bonds is 8. The van der Waals surface area contributed by atoms with Crippen LogP contribution in [0.1, 0.15) is 39.2 Å². The first kappa shape index (κ1) is 28.0. The van der Waals surface area contributed by atoms with E-state index in [9.17, 15) is 28.1 Å². The zero-order chi connectivity index (χ0) is 27.4. The number of amides is 2. The smallest absolute Gasteiger partial charge is 0.411 e. The number of ether oxygens (including phenoxy) is 1. The van der Waals surface area contributed by atoms with E-state index in [-0.39, 0.29) is 26.0 Å². The van der Waals surface area contributed by atoms with Gasteiger partial charge in [-0.15, -0.1) is 0 Å². The fraction of sp³-hybridized carbons (Fsp3) is 0.417. The van der Waals surface area contributed by atoms with Gasteiger partial charge in [0.05, 0.1) is 17.6 Å². The molecule has 12 nitrogen and oxygen atoms in total. The van der Waals surface area contributed by atoms with E-state index in [0.717, 1.165) is 17.0 Å². The Labute approximate surface area is 215 Å². The lowest BCUT2D eigenvalue weighted by Crippen LogP contribution is -2.59. The van der Waals surface area contributed by atoms with Gasteiger partial charge in [-0.05, 0) is 45.2 Å². The van der Waals surface area contributed by atoms with Crippen LogP contribution in [0.3, 0.4) is 0 Å². The quantitative estimate of drug-likeness (QED) is 0.399. The molecule has 0 radical (unpaired) electrons. The number of hydrogen-bond acceptors (Lipinski definition) is 8. The molecule has 1 heterocycles. The van der Waals surface area contributed by atoms with Crippen molar-refractivity contribution in [3.63, 3.8) is 0 Å². The lowest BCUT2D eigenvalue weighted by Gasteiger charge is -2.41. The van der Waals surface area contributed by atoms with E-state index in [2.05, 4.69) is 0 Å². The molecular formula is C24H30N4O8S. The van der Waals surface area contributed by atoms with E-state index in [0.29, 0.717) is 10.0 Å². The first-order valence-electron chi connectivity index (χ1n) is 11.5. The molecule has 37 heavy (non-hydrogen) atoms. The average Bonchev–Trinajstić information content (AvgIpc) is 2.83. The zero-order valence-corrected chi connectivity index (χ0v) is 21.6. The van der Waals surface area contributed by atoms with E-state index in [1.54, 1.807) is 51.1 Å². The molecule has 2 atom stereocenters. The minimum absolute atomic E-state index is 0.0385. The van der Waals surface area contributed by atoms with Crippen LogP contribution >= 0.6 is 0 Å². The SMILES string of the molecule is CC(C)(C)OC(=O)N1CC(N(OCc2ccccc2)S(=O)(=O)c2ccccc2[N+](=O)[O-])CCC1C(N)=O. The van der Waals surface area contributed by atoms with E-state index in [1.165, 1.54) is 12.1 Å². The number of nitrogens with zero attached hydrogens (tertiary/aromatic N) is 3. The van der Waals surface area contributed by atoms with Gasteiger partial charge in [0.25, 0.3) is 15.7 Å². The average molecular weight is 535 g/mol. The summed E-state index contributed by atoms with van der Waals surface area (Å²) in [5.74, 6) is -0.761. The monoisotopic (exact) mass is 534 g/mol. The fourth-order valence-electron chi connectivity index (χ4n) is 3.95. The molecule has 2 N–H and O–H groups in total. The van der Waals surface area contributed by atoms with E-state index in [4.69, 9.17) is 15.3 Å². The zero-order valence-electron chi connectivity index (χ0n) is 20.8. The highest BCUT2D eigenvalue weighted by atomic mass is 32.2. The number of carbonyl (C=O) groups is 2. The third-order valence-electron chi connectivity index (χ3n) is 5.59. The molecule has 2 aromatic rings. The number of hydrogen-bond donors (Lipinski definition) is 1. The summed E-state index contributed by atoms with van der Waals surface area (Å²) in [6.45, 7) is 4.51. The molecule has 1 aliphatic rings. The second-order valence-corrected chi connectivity index (χ2v) is 11.3. The Bertz CT molecular complexity index is 1250. The first-order chi connectivity index (χ1) is 17.3. The normalized spacial score (nSPS) is 18.4. The van der Waals surface area contributed by atoms with Crippen LogP contribution in [0, 0.1) is 10.1 Å². The number of sulfonamides is 1. The summed E-state index contributed by atoms with van der Waals surface area (Å²) < 4.78 is 33.6. The second-order valence-electron chi connectivity index (χ2n) is 9.53. The van der Waals surface area contributed by atoms with Crippen molar-refractivity contribution in [2.24, 2.45) is 5.73 Å². The van der Waals surface area contributed by atoms with Gasteiger partial charge in [0.1, 0.15) is 11.6 Å². The number of nitro benzene ring substituents is 1. The molecule has 13 heteroatoms. The van der Waals surface area contributed by atoms with Crippen molar-refractivity contribution in [1.29, 1.82) is 0 Å². The molecule has 2 amide bonds. The van der Waals surface area contributed by atoms with Crippen molar-refractivity contribution in [2.75, 3.05) is 6.54 Å². The minimum Gasteiger partial charge on any atom is -0.444 e. The predicted molar refractivity (Wildman–Crippen MR) is 132 cm³/mol. The lowest BCUT2D eigenvalue weighted by atomic mass is 9.98. The molecular weight excluding hydrogens is 504 g/mol. The maximum absolute atomic E-state index is 13.8. The number of likely N-dealkylation sites (tertiary alicyclic amines) is 1. The highest BCUT2D eigenvalue weighted by Crippen LogP contribution is 2.32. The Balaban J connectivity index is 2.01. The molecule has 2 aromatic carbocycles. The van der Waals surface area contributed by atoms with Gasteiger partial charge in [-0.1, -0.05) is 46.9 Å². The lowest BCUT2D eigenvalue weighted by molar-refractivity contribution is -0.388. The van der Waals surface area contributed by atoms with Crippen LogP contribution in [0.25, 0.3) is 0 Å². The molecule has 0 aromatic heterocycles. The van der Waals surface area contributed by atoms with Gasteiger partial charge in [0.15, 0.2) is 4.90 Å². The molecule has 0 bridgehead atoms.